The van der Waals surface area contributed by atoms with Gasteiger partial charge >= 0.3 is 12.1 Å². The Labute approximate surface area is 201 Å². The number of nitrogens with zero attached hydrogens (tertiary/aromatic N) is 1. The smallest absolute Gasteiger partial charge is 0.408 e. The van der Waals surface area contributed by atoms with Gasteiger partial charge in [-0.05, 0) is 23.3 Å². The third kappa shape index (κ3) is 7.56. The molecule has 0 fully saturated rings. The number of benzene rings is 2. The number of nitrogens with two attached hydrogens (primary N) is 1. The largest absolute Gasteiger partial charge is 0.467 e. The second-order valence-corrected chi connectivity index (χ2v) is 7.70. The highest BCUT2D eigenvalue weighted by molar-refractivity contribution is 6.02. The lowest BCUT2D eigenvalue weighted by Gasteiger charge is -2.17. The minimum Gasteiger partial charge on any atom is -0.467 e. The van der Waals surface area contributed by atoms with E-state index in [-0.39, 0.29) is 19.6 Å². The summed E-state index contributed by atoms with van der Waals surface area (Å²) < 4.78 is 9.81. The lowest BCUT2D eigenvalue weighted by molar-refractivity contribution is -0.143. The van der Waals surface area contributed by atoms with Gasteiger partial charge in [-0.25, -0.2) is 9.59 Å². The Hall–Kier alpha value is -4.41. The fourth-order valence-corrected chi connectivity index (χ4v) is 3.27. The van der Waals surface area contributed by atoms with Gasteiger partial charge in [0.1, 0.15) is 18.8 Å². The van der Waals surface area contributed by atoms with Crippen molar-refractivity contribution in [3.63, 3.8) is 0 Å². The van der Waals surface area contributed by atoms with Gasteiger partial charge in [-0.15, -0.1) is 0 Å². The van der Waals surface area contributed by atoms with Crippen LogP contribution in [0.2, 0.25) is 0 Å². The summed E-state index contributed by atoms with van der Waals surface area (Å²) in [5.41, 5.74) is 7.79. The molecule has 1 heterocycles. The van der Waals surface area contributed by atoms with E-state index in [1.807, 2.05) is 18.2 Å². The number of ether oxygens (including phenoxy) is 2. The van der Waals surface area contributed by atoms with Crippen LogP contribution in [0, 0.1) is 0 Å². The highest BCUT2D eigenvalue weighted by Crippen LogP contribution is 2.19. The number of primary amides is 1. The number of amides is 3. The van der Waals surface area contributed by atoms with Crippen molar-refractivity contribution in [2.75, 3.05) is 13.7 Å². The molecule has 0 aromatic heterocycles. The van der Waals surface area contributed by atoms with Crippen LogP contribution in [0.5, 0.6) is 0 Å². The van der Waals surface area contributed by atoms with Gasteiger partial charge < -0.3 is 30.7 Å². The Morgan fingerprint density at radius 3 is 2.49 bits per heavy atom. The van der Waals surface area contributed by atoms with Crippen LogP contribution in [-0.4, -0.2) is 55.4 Å². The number of hydrogen-bond acceptors (Lipinski definition) is 8. The van der Waals surface area contributed by atoms with Crippen LogP contribution in [0.1, 0.15) is 34.3 Å². The maximum absolute atomic E-state index is 12.4. The second-order valence-electron chi connectivity index (χ2n) is 7.70. The number of nitrogens with one attached hydrogen (secondary N) is 2. The number of oxime groups is 1. The fourth-order valence-electron chi connectivity index (χ4n) is 3.27. The van der Waals surface area contributed by atoms with Gasteiger partial charge in [-0.1, -0.05) is 47.6 Å². The number of rotatable bonds is 10. The maximum atomic E-state index is 12.4. The Balaban J connectivity index is 1.44. The molecule has 0 saturated carbocycles. The summed E-state index contributed by atoms with van der Waals surface area (Å²) >= 11 is 0. The van der Waals surface area contributed by atoms with Gasteiger partial charge in [0, 0.05) is 18.5 Å². The Morgan fingerprint density at radius 2 is 1.83 bits per heavy atom. The first-order valence-corrected chi connectivity index (χ1v) is 10.8. The molecule has 35 heavy (non-hydrogen) atoms. The fraction of sp³-hybridized carbons (Fsp3) is 0.292. The van der Waals surface area contributed by atoms with Crippen molar-refractivity contribution in [2.45, 2.75) is 31.6 Å². The Kier molecular flexibility index (Phi) is 8.76. The maximum Gasteiger partial charge on any atom is 0.408 e. The highest BCUT2D eigenvalue weighted by Gasteiger charge is 2.27. The molecule has 3 amide bonds. The molecule has 2 atom stereocenters. The van der Waals surface area contributed by atoms with E-state index in [1.54, 1.807) is 36.4 Å². The summed E-state index contributed by atoms with van der Waals surface area (Å²) in [6.45, 7) is -0.166. The summed E-state index contributed by atoms with van der Waals surface area (Å²) in [7, 11) is 1.18. The van der Waals surface area contributed by atoms with E-state index in [9.17, 15) is 19.2 Å². The summed E-state index contributed by atoms with van der Waals surface area (Å²) in [5, 5.41) is 8.99. The summed E-state index contributed by atoms with van der Waals surface area (Å²) in [5.74, 6) is -1.66. The lowest BCUT2D eigenvalue weighted by Crippen LogP contribution is -2.49. The van der Waals surface area contributed by atoms with Crippen molar-refractivity contribution < 1.29 is 33.5 Å². The van der Waals surface area contributed by atoms with E-state index in [4.69, 9.17) is 20.0 Å². The van der Waals surface area contributed by atoms with Gasteiger partial charge in [0.15, 0.2) is 0 Å². The van der Waals surface area contributed by atoms with Crippen molar-refractivity contribution in [1.29, 1.82) is 0 Å². The normalized spacial score (nSPS) is 15.2. The van der Waals surface area contributed by atoms with Crippen molar-refractivity contribution in [3.8, 4) is 0 Å². The third-order valence-corrected chi connectivity index (χ3v) is 5.14. The second kappa shape index (κ2) is 12.2. The van der Waals surface area contributed by atoms with Crippen molar-refractivity contribution in [3.05, 3.63) is 71.3 Å². The number of methoxy groups -OCH3 is 1. The lowest BCUT2D eigenvalue weighted by atomic mass is 10.0. The van der Waals surface area contributed by atoms with E-state index in [2.05, 4.69) is 15.8 Å². The SMILES string of the molecule is COC(=O)[C@H](CNC(=O)C[C@H]1CC(c2ccc(C(N)=O)cc2)=NO1)NC(=O)OCc1ccccc1. The topological polar surface area (TPSA) is 158 Å². The molecule has 4 N–H and O–H groups in total. The highest BCUT2D eigenvalue weighted by atomic mass is 16.6. The van der Waals surface area contributed by atoms with Gasteiger partial charge in [0.25, 0.3) is 0 Å². The first kappa shape index (κ1) is 25.2. The van der Waals surface area contributed by atoms with E-state index >= 15 is 0 Å². The Morgan fingerprint density at radius 1 is 1.11 bits per heavy atom. The standard InChI is InChI=1S/C24H26N4O7/c1-33-23(31)20(27-24(32)34-14-15-5-3-2-4-6-15)13-26-21(29)12-18-11-19(28-35-18)16-7-9-17(10-8-16)22(25)30/h2-10,18,20H,11-14H2,1H3,(H2,25,30)(H,26,29)(H,27,32)/t18-,20+/m1/s1. The predicted octanol–water partition coefficient (Wildman–Crippen LogP) is 1.25. The molecule has 0 unspecified atom stereocenters. The van der Waals surface area contributed by atoms with Crippen LogP contribution < -0.4 is 16.4 Å². The molecule has 1 aliphatic rings. The van der Waals surface area contributed by atoms with E-state index < -0.39 is 36.0 Å². The molecule has 11 heteroatoms. The number of alkyl carbamates (subject to hydrolysis) is 1. The number of hydrogen-bond donors (Lipinski definition) is 3. The molecule has 184 valence electrons. The van der Waals surface area contributed by atoms with Crippen LogP contribution in [0.15, 0.2) is 59.8 Å². The molecule has 2 aromatic rings. The van der Waals surface area contributed by atoms with Crippen LogP contribution in [-0.2, 0) is 30.5 Å². The van der Waals surface area contributed by atoms with Crippen LogP contribution in [0.25, 0.3) is 0 Å². The van der Waals surface area contributed by atoms with Gasteiger partial charge in [-0.3, -0.25) is 9.59 Å². The molecule has 3 rings (SSSR count). The molecule has 11 nitrogen and oxygen atoms in total. The van der Waals surface area contributed by atoms with Gasteiger partial charge in [0.2, 0.25) is 11.8 Å². The first-order valence-electron chi connectivity index (χ1n) is 10.8. The quantitative estimate of drug-likeness (QED) is 0.430. The van der Waals surface area contributed by atoms with Gasteiger partial charge in [-0.2, -0.15) is 0 Å². The van der Waals surface area contributed by atoms with E-state index in [0.717, 1.165) is 11.1 Å². The predicted molar refractivity (Wildman–Crippen MR) is 124 cm³/mol. The summed E-state index contributed by atoms with van der Waals surface area (Å²) in [6.07, 6.45) is -0.953. The average Bonchev–Trinajstić information content (AvgIpc) is 3.33. The van der Waals surface area contributed by atoms with Crippen LogP contribution in [0.4, 0.5) is 4.79 Å². The van der Waals surface area contributed by atoms with Crippen molar-refractivity contribution in [1.82, 2.24) is 10.6 Å². The molecular formula is C24H26N4O7. The van der Waals surface area contributed by atoms with Crippen molar-refractivity contribution in [2.24, 2.45) is 10.9 Å². The molecular weight excluding hydrogens is 456 g/mol. The molecule has 0 aliphatic carbocycles. The first-order chi connectivity index (χ1) is 16.9. The average molecular weight is 482 g/mol. The molecule has 1 aliphatic heterocycles. The zero-order chi connectivity index (χ0) is 25.2. The molecule has 0 saturated heterocycles. The third-order valence-electron chi connectivity index (χ3n) is 5.14. The zero-order valence-corrected chi connectivity index (χ0v) is 19.1. The molecule has 0 bridgehead atoms. The minimum atomic E-state index is -1.13. The summed E-state index contributed by atoms with van der Waals surface area (Å²) in [6, 6.07) is 14.5. The number of carbonyl (C=O) groups is 4. The van der Waals surface area contributed by atoms with Crippen LogP contribution in [0.3, 0.4) is 0 Å². The minimum absolute atomic E-state index is 0.0152. The molecule has 0 spiro atoms. The van der Waals surface area contributed by atoms with Gasteiger partial charge in [0.05, 0.1) is 19.2 Å². The van der Waals surface area contributed by atoms with Crippen LogP contribution >= 0.6 is 0 Å². The Bertz CT molecular complexity index is 1090. The molecule has 2 aromatic carbocycles. The molecule has 0 radical (unpaired) electrons. The monoisotopic (exact) mass is 482 g/mol. The van der Waals surface area contributed by atoms with Crippen molar-refractivity contribution >= 4 is 29.6 Å². The zero-order valence-electron chi connectivity index (χ0n) is 19.1. The number of carbonyl (C=O) groups excluding carboxylic acids is 4. The van der Waals surface area contributed by atoms with E-state index in [0.29, 0.717) is 17.7 Å². The summed E-state index contributed by atoms with van der Waals surface area (Å²) in [4.78, 5) is 53.0. The van der Waals surface area contributed by atoms with E-state index in [1.165, 1.54) is 7.11 Å². The number of esters is 1.